The second kappa shape index (κ2) is 15.5. The maximum atomic E-state index is 14.1. The zero-order valence-corrected chi connectivity index (χ0v) is 27.9. The van der Waals surface area contributed by atoms with Crippen molar-refractivity contribution in [2.24, 2.45) is 0 Å². The summed E-state index contributed by atoms with van der Waals surface area (Å²) in [6, 6.07) is 9.94. The lowest BCUT2D eigenvalue weighted by Crippen LogP contribution is -2.36. The molecule has 0 fully saturated rings. The molecule has 2 aromatic heterocycles. The van der Waals surface area contributed by atoms with Crippen LogP contribution < -0.4 is 15.3 Å². The van der Waals surface area contributed by atoms with Gasteiger partial charge in [-0.25, -0.2) is 14.5 Å². The van der Waals surface area contributed by atoms with E-state index in [1.807, 2.05) is 38.1 Å². The van der Waals surface area contributed by atoms with Crippen LogP contribution in [0.25, 0.3) is 21.9 Å². The molecule has 0 saturated heterocycles. The number of pyridine rings is 1. The first kappa shape index (κ1) is 36.1. The number of nitrogens with two attached hydrogens (primary N) is 1. The highest BCUT2D eigenvalue weighted by atomic mass is 31.2. The highest BCUT2D eigenvalue weighted by Gasteiger charge is 2.34. The lowest BCUT2D eigenvalue weighted by atomic mass is 10.1. The van der Waals surface area contributed by atoms with Crippen molar-refractivity contribution < 1.29 is 41.1 Å². The number of benzene rings is 2. The third-order valence-corrected chi connectivity index (χ3v) is 8.90. The van der Waals surface area contributed by atoms with Crippen molar-refractivity contribution in [1.29, 1.82) is 0 Å². The predicted octanol–water partition coefficient (Wildman–Crippen LogP) is 7.59. The summed E-state index contributed by atoms with van der Waals surface area (Å²) in [5, 5.41) is 3.43. The first-order chi connectivity index (χ1) is 22.3. The van der Waals surface area contributed by atoms with Gasteiger partial charge in [0.05, 0.1) is 29.3 Å². The van der Waals surface area contributed by atoms with Gasteiger partial charge >= 0.3 is 19.9 Å². The summed E-state index contributed by atoms with van der Waals surface area (Å²) in [5.74, 6) is 0.0739. The van der Waals surface area contributed by atoms with Crippen LogP contribution in [0.5, 0.6) is 5.75 Å². The summed E-state index contributed by atoms with van der Waals surface area (Å²) in [6.45, 7) is 9.24. The van der Waals surface area contributed by atoms with E-state index in [4.69, 9.17) is 29.2 Å². The van der Waals surface area contributed by atoms with Gasteiger partial charge in [0.15, 0.2) is 5.82 Å². The third-order valence-electron chi connectivity index (χ3n) is 7.23. The van der Waals surface area contributed by atoms with Gasteiger partial charge in [-0.2, -0.15) is 18.3 Å². The number of fused-ring (bicyclic) bond motifs is 3. The summed E-state index contributed by atoms with van der Waals surface area (Å²) >= 11 is 0. The topological polar surface area (TPSA) is 140 Å². The zero-order valence-electron chi connectivity index (χ0n) is 27.0. The molecule has 0 aliphatic heterocycles. The number of imidazole rings is 1. The Morgan fingerprint density at radius 1 is 1.04 bits per heavy atom. The molecule has 4 rings (SSSR count). The summed E-state index contributed by atoms with van der Waals surface area (Å²) in [4.78, 5) is 21.9. The van der Waals surface area contributed by atoms with E-state index in [0.717, 1.165) is 41.6 Å². The first-order valence-electron chi connectivity index (χ1n) is 15.5. The highest BCUT2D eigenvalue weighted by molar-refractivity contribution is 7.52. The molecular weight excluding hydrogens is 638 g/mol. The van der Waals surface area contributed by atoms with Crippen LogP contribution in [-0.4, -0.2) is 45.9 Å². The predicted molar refractivity (Wildman–Crippen MR) is 173 cm³/mol. The maximum Gasteiger partial charge on any atom is 0.459 e. The number of hydrogen-bond acceptors (Lipinski definition) is 9. The molecule has 0 unspecified atom stereocenters. The molecule has 0 spiro atoms. The van der Waals surface area contributed by atoms with Crippen molar-refractivity contribution in [1.82, 2.24) is 19.6 Å². The Balaban J connectivity index is 1.66. The number of carbonyl (C=O) groups is 1. The lowest BCUT2D eigenvalue weighted by Gasteiger charge is -2.26. The Hall–Kier alpha value is -3.71. The molecule has 3 N–H and O–H groups in total. The van der Waals surface area contributed by atoms with Crippen LogP contribution >= 0.6 is 7.75 Å². The van der Waals surface area contributed by atoms with E-state index < -0.39 is 37.6 Å². The van der Waals surface area contributed by atoms with E-state index in [9.17, 15) is 22.5 Å². The van der Waals surface area contributed by atoms with Gasteiger partial charge in [-0.1, -0.05) is 31.5 Å². The Kier molecular flexibility index (Phi) is 11.9. The van der Waals surface area contributed by atoms with Gasteiger partial charge < -0.3 is 24.3 Å². The minimum atomic E-state index is -4.56. The number of nitrogens with one attached hydrogen (secondary N) is 1. The smallest absolute Gasteiger partial charge is 0.459 e. The fourth-order valence-corrected chi connectivity index (χ4v) is 6.66. The molecule has 11 nitrogen and oxygen atoms in total. The van der Waals surface area contributed by atoms with E-state index >= 15 is 0 Å². The van der Waals surface area contributed by atoms with Crippen LogP contribution in [0.1, 0.15) is 71.3 Å². The standard InChI is InChI=1S/C32H41F3N5O6P/c1-6-10-23(40-27(19-43-7-2)38-28-29(40)25-11-8-9-12-26(25)37-30(28)36)17-18-44-47(42,39-21(5)31(41)45-20(3)4)46-24-15-13-22(14-16-24)32(33,34)35/h8-9,11-16,20-21,23H,6-7,10,17-19H2,1-5H3,(H2,36,37)(H,39,42)/t21-,23-,47-/m0/s1. The first-order valence-corrected chi connectivity index (χ1v) is 17.0. The van der Waals surface area contributed by atoms with Crippen molar-refractivity contribution in [2.75, 3.05) is 18.9 Å². The molecule has 4 aromatic rings. The summed E-state index contributed by atoms with van der Waals surface area (Å²) in [6.07, 6.45) is -3.22. The van der Waals surface area contributed by atoms with Crippen molar-refractivity contribution >= 4 is 41.5 Å². The molecule has 0 aliphatic rings. The molecule has 0 aliphatic carbocycles. The van der Waals surface area contributed by atoms with Crippen LogP contribution in [0, 0.1) is 0 Å². The van der Waals surface area contributed by atoms with Crippen LogP contribution in [0.4, 0.5) is 19.0 Å². The second-order valence-electron chi connectivity index (χ2n) is 11.3. The minimum absolute atomic E-state index is 0.117. The van der Waals surface area contributed by atoms with Crippen molar-refractivity contribution in [2.45, 2.75) is 84.9 Å². The number of para-hydroxylation sites is 1. The summed E-state index contributed by atoms with van der Waals surface area (Å²) < 4.78 is 78.0. The van der Waals surface area contributed by atoms with Crippen LogP contribution in [0.2, 0.25) is 0 Å². The van der Waals surface area contributed by atoms with E-state index in [1.165, 1.54) is 6.92 Å². The van der Waals surface area contributed by atoms with E-state index in [2.05, 4.69) is 14.6 Å². The molecule has 0 bridgehead atoms. The molecular formula is C32H41F3N5O6P. The maximum absolute atomic E-state index is 14.1. The average Bonchev–Trinajstić information content (AvgIpc) is 3.39. The van der Waals surface area contributed by atoms with Crippen LogP contribution in [0.3, 0.4) is 0 Å². The number of aromatic nitrogens is 3. The van der Waals surface area contributed by atoms with Gasteiger partial charge in [-0.05, 0) is 70.9 Å². The molecule has 2 heterocycles. The van der Waals surface area contributed by atoms with Gasteiger partial charge in [-0.15, -0.1) is 0 Å². The van der Waals surface area contributed by atoms with Gasteiger partial charge in [0.25, 0.3) is 0 Å². The molecule has 3 atom stereocenters. The number of ether oxygens (including phenoxy) is 2. The number of carbonyl (C=O) groups excluding carboxylic acids is 1. The number of nitrogens with zero attached hydrogens (tertiary/aromatic N) is 3. The van der Waals surface area contributed by atoms with E-state index in [-0.39, 0.29) is 30.8 Å². The van der Waals surface area contributed by atoms with E-state index in [0.29, 0.717) is 36.3 Å². The molecule has 47 heavy (non-hydrogen) atoms. The lowest BCUT2D eigenvalue weighted by molar-refractivity contribution is -0.149. The van der Waals surface area contributed by atoms with Crippen LogP contribution in [0.15, 0.2) is 48.5 Å². The van der Waals surface area contributed by atoms with Crippen molar-refractivity contribution in [3.8, 4) is 5.75 Å². The minimum Gasteiger partial charge on any atom is -0.462 e. The molecule has 0 saturated carbocycles. The molecule has 256 valence electrons. The molecule has 0 radical (unpaired) electrons. The Labute approximate surface area is 271 Å². The number of halogens is 3. The third kappa shape index (κ3) is 9.01. The quantitative estimate of drug-likeness (QED) is 0.0899. The monoisotopic (exact) mass is 679 g/mol. The molecule has 15 heteroatoms. The second-order valence-corrected chi connectivity index (χ2v) is 13.0. The number of nitrogen functional groups attached to an aromatic ring is 1. The Bertz CT molecular complexity index is 1710. The van der Waals surface area contributed by atoms with Gasteiger partial charge in [-0.3, -0.25) is 9.32 Å². The molecule has 0 amide bonds. The fraction of sp³-hybridized carbons (Fsp3) is 0.469. The Morgan fingerprint density at radius 2 is 1.74 bits per heavy atom. The Morgan fingerprint density at radius 3 is 2.38 bits per heavy atom. The molecule has 2 aromatic carbocycles. The average molecular weight is 680 g/mol. The normalized spacial score (nSPS) is 14.7. The number of hydrogen-bond donors (Lipinski definition) is 2. The number of alkyl halides is 3. The fourth-order valence-electron chi connectivity index (χ4n) is 5.16. The largest absolute Gasteiger partial charge is 0.462 e. The van der Waals surface area contributed by atoms with Crippen molar-refractivity contribution in [3.63, 3.8) is 0 Å². The van der Waals surface area contributed by atoms with E-state index in [1.54, 1.807) is 13.8 Å². The number of anilines is 1. The van der Waals surface area contributed by atoms with Crippen LogP contribution in [-0.2, 0) is 36.1 Å². The summed E-state index contributed by atoms with van der Waals surface area (Å²) in [7, 11) is -4.34. The number of rotatable bonds is 16. The zero-order chi connectivity index (χ0) is 34.4. The summed E-state index contributed by atoms with van der Waals surface area (Å²) in [5.41, 5.74) is 7.48. The number of esters is 1. The SMILES string of the molecule is CCC[C@@H](CCO[P@@](=O)(N[C@@H](C)C(=O)OC(C)C)Oc1ccc(C(F)(F)F)cc1)n1c(COCC)nc2c(N)nc3ccccc3c21. The van der Waals surface area contributed by atoms with Gasteiger partial charge in [0.1, 0.15) is 29.7 Å². The van der Waals surface area contributed by atoms with Gasteiger partial charge in [0, 0.05) is 18.0 Å². The van der Waals surface area contributed by atoms with Gasteiger partial charge in [0.2, 0.25) is 0 Å². The van der Waals surface area contributed by atoms with Crippen molar-refractivity contribution in [3.05, 3.63) is 59.9 Å². The highest BCUT2D eigenvalue weighted by Crippen LogP contribution is 2.46.